The molecule has 0 bridgehead atoms. The maximum Gasteiger partial charge on any atom is 0.234 e. The third-order valence-electron chi connectivity index (χ3n) is 2.50. The molecule has 2 aromatic rings. The summed E-state index contributed by atoms with van der Waals surface area (Å²) in [5, 5.41) is 0. The van der Waals surface area contributed by atoms with Gasteiger partial charge in [0.15, 0.2) is 0 Å². The number of rotatable bonds is 3. The Morgan fingerprint density at radius 3 is 2.72 bits per heavy atom. The second kappa shape index (κ2) is 5.89. The monoisotopic (exact) mass is 272 g/mol. The van der Waals surface area contributed by atoms with Crippen molar-refractivity contribution in [3.8, 4) is 11.3 Å². The fourth-order valence-corrected chi connectivity index (χ4v) is 2.26. The summed E-state index contributed by atoms with van der Waals surface area (Å²) in [6, 6.07) is 11.0. The lowest BCUT2D eigenvalue weighted by atomic mass is 9.99. The van der Waals surface area contributed by atoms with Gasteiger partial charge in [0.25, 0.3) is 0 Å². The lowest BCUT2D eigenvalue weighted by molar-refractivity contribution is 0.563. The number of hydrogen-bond donors (Lipinski definition) is 0. The minimum absolute atomic E-state index is 0.489. The van der Waals surface area contributed by atoms with Gasteiger partial charge < -0.3 is 0 Å². The topological polar surface area (TPSA) is 30.0 Å². The highest BCUT2D eigenvalue weighted by Crippen LogP contribution is 2.28. The Balaban J connectivity index is 2.70. The van der Waals surface area contributed by atoms with Gasteiger partial charge in [0.1, 0.15) is 0 Å². The summed E-state index contributed by atoms with van der Waals surface area (Å²) >= 11 is 6.80. The van der Waals surface area contributed by atoms with E-state index in [1.54, 1.807) is 12.3 Å². The molecule has 18 heavy (non-hydrogen) atoms. The zero-order valence-corrected chi connectivity index (χ0v) is 11.3. The molecule has 0 atom stereocenters. The van der Waals surface area contributed by atoms with Gasteiger partial charge >= 0.3 is 0 Å². The normalized spacial score (nSPS) is 10.1. The van der Waals surface area contributed by atoms with Crippen LogP contribution in [0.15, 0.2) is 42.6 Å². The van der Waals surface area contributed by atoms with Crippen LogP contribution in [0, 0.1) is 0 Å². The van der Waals surface area contributed by atoms with E-state index >= 15 is 0 Å². The molecular weight excluding hydrogens is 262 g/mol. The lowest BCUT2D eigenvalue weighted by Crippen LogP contribution is -2.00. The van der Waals surface area contributed by atoms with E-state index < -0.39 is 0 Å². The highest BCUT2D eigenvalue weighted by Gasteiger charge is 2.14. The van der Waals surface area contributed by atoms with Crippen molar-refractivity contribution >= 4 is 34.5 Å². The SMILES string of the molecule is CSC(=S)c1cccc([C]=O)c1-c1ccccn1. The van der Waals surface area contributed by atoms with Crippen molar-refractivity contribution in [3.05, 3.63) is 53.7 Å². The maximum atomic E-state index is 11.1. The average Bonchev–Trinajstić information content (AvgIpc) is 2.46. The van der Waals surface area contributed by atoms with Crippen molar-refractivity contribution in [2.75, 3.05) is 6.26 Å². The van der Waals surface area contributed by atoms with Gasteiger partial charge in [-0.05, 0) is 18.4 Å². The Labute approximate surface area is 115 Å². The summed E-state index contributed by atoms with van der Waals surface area (Å²) in [6.07, 6.45) is 5.57. The third-order valence-corrected chi connectivity index (χ3v) is 3.81. The number of carbonyl (C=O) groups excluding carboxylic acids is 1. The zero-order chi connectivity index (χ0) is 13.0. The molecule has 0 aliphatic carbocycles. The van der Waals surface area contributed by atoms with Crippen LogP contribution < -0.4 is 0 Å². The van der Waals surface area contributed by atoms with Crippen molar-refractivity contribution in [3.63, 3.8) is 0 Å². The molecule has 0 unspecified atom stereocenters. The van der Waals surface area contributed by atoms with E-state index in [4.69, 9.17) is 12.2 Å². The zero-order valence-electron chi connectivity index (χ0n) is 9.71. The van der Waals surface area contributed by atoms with E-state index in [0.29, 0.717) is 5.56 Å². The van der Waals surface area contributed by atoms with Crippen LogP contribution in [-0.2, 0) is 4.79 Å². The second-order valence-electron chi connectivity index (χ2n) is 3.54. The van der Waals surface area contributed by atoms with Gasteiger partial charge in [0, 0.05) is 22.9 Å². The fraction of sp³-hybridized carbons (Fsp3) is 0.0714. The maximum absolute atomic E-state index is 11.1. The van der Waals surface area contributed by atoms with Crippen LogP contribution in [-0.4, -0.2) is 21.7 Å². The Morgan fingerprint density at radius 1 is 1.28 bits per heavy atom. The molecule has 0 saturated carbocycles. The number of nitrogens with zero attached hydrogens (tertiary/aromatic N) is 1. The van der Waals surface area contributed by atoms with Gasteiger partial charge in [0.05, 0.1) is 9.89 Å². The summed E-state index contributed by atoms with van der Waals surface area (Å²) in [5.74, 6) is 0. The highest BCUT2D eigenvalue weighted by molar-refractivity contribution is 8.23. The first-order valence-corrected chi connectivity index (χ1v) is 6.92. The smallest absolute Gasteiger partial charge is 0.234 e. The quantitative estimate of drug-likeness (QED) is 0.802. The molecule has 0 aliphatic heterocycles. The number of aromatic nitrogens is 1. The van der Waals surface area contributed by atoms with Crippen molar-refractivity contribution in [2.24, 2.45) is 0 Å². The van der Waals surface area contributed by atoms with E-state index in [0.717, 1.165) is 21.0 Å². The fourth-order valence-electron chi connectivity index (χ4n) is 1.70. The van der Waals surface area contributed by atoms with E-state index in [1.165, 1.54) is 11.8 Å². The van der Waals surface area contributed by atoms with Crippen molar-refractivity contribution in [1.29, 1.82) is 0 Å². The minimum atomic E-state index is 0.489. The molecule has 1 aromatic carbocycles. The molecule has 0 saturated heterocycles. The Morgan fingerprint density at radius 2 is 2.11 bits per heavy atom. The number of benzene rings is 1. The molecule has 1 radical (unpaired) electrons. The number of thioether (sulfide) groups is 1. The first-order valence-electron chi connectivity index (χ1n) is 5.29. The molecule has 1 aromatic heterocycles. The van der Waals surface area contributed by atoms with E-state index in [1.807, 2.05) is 42.9 Å². The van der Waals surface area contributed by atoms with Crippen LogP contribution in [0.25, 0.3) is 11.3 Å². The Hall–Kier alpha value is -1.52. The summed E-state index contributed by atoms with van der Waals surface area (Å²) in [6.45, 7) is 0. The summed E-state index contributed by atoms with van der Waals surface area (Å²) < 4.78 is 0.743. The van der Waals surface area contributed by atoms with Gasteiger partial charge in [-0.15, -0.1) is 11.8 Å². The Bertz CT molecular complexity index is 582. The van der Waals surface area contributed by atoms with E-state index in [-0.39, 0.29) is 0 Å². The molecule has 4 heteroatoms. The van der Waals surface area contributed by atoms with Gasteiger partial charge in [-0.2, -0.15) is 0 Å². The van der Waals surface area contributed by atoms with Crippen LogP contribution in [0.1, 0.15) is 11.1 Å². The van der Waals surface area contributed by atoms with Crippen molar-refractivity contribution in [1.82, 2.24) is 4.98 Å². The standard InChI is InChI=1S/C14H10NOS2/c1-18-14(17)11-6-4-5-10(9-16)13(11)12-7-2-3-8-15-12/h2-8H,1H3. The molecule has 2 nitrogen and oxygen atoms in total. The van der Waals surface area contributed by atoms with E-state index in [9.17, 15) is 4.79 Å². The largest absolute Gasteiger partial charge is 0.285 e. The van der Waals surface area contributed by atoms with Gasteiger partial charge in [-0.1, -0.05) is 36.5 Å². The van der Waals surface area contributed by atoms with E-state index in [2.05, 4.69) is 4.98 Å². The predicted molar refractivity (Wildman–Crippen MR) is 79.7 cm³/mol. The molecule has 1 heterocycles. The molecule has 0 amide bonds. The lowest BCUT2D eigenvalue weighted by Gasteiger charge is -2.10. The number of pyridine rings is 1. The first kappa shape index (κ1) is 12.9. The summed E-state index contributed by atoms with van der Waals surface area (Å²) in [4.78, 5) is 15.3. The molecule has 0 aliphatic rings. The molecule has 0 fully saturated rings. The number of hydrogen-bond acceptors (Lipinski definition) is 4. The molecule has 0 N–H and O–H groups in total. The summed E-state index contributed by atoms with van der Waals surface area (Å²) in [7, 11) is 0. The van der Waals surface area contributed by atoms with Crippen LogP contribution in [0.4, 0.5) is 0 Å². The summed E-state index contributed by atoms with van der Waals surface area (Å²) in [5.41, 5.74) is 2.84. The second-order valence-corrected chi connectivity index (χ2v) is 5.02. The third kappa shape index (κ3) is 2.49. The molecule has 2 rings (SSSR count). The first-order chi connectivity index (χ1) is 8.77. The molecular formula is C14H10NOS2. The van der Waals surface area contributed by atoms with Crippen LogP contribution in [0.3, 0.4) is 0 Å². The van der Waals surface area contributed by atoms with Gasteiger partial charge in [-0.25, -0.2) is 0 Å². The predicted octanol–water partition coefficient (Wildman–Crippen LogP) is 3.24. The van der Waals surface area contributed by atoms with Gasteiger partial charge in [-0.3, -0.25) is 9.78 Å². The Kier molecular flexibility index (Phi) is 4.23. The number of thiocarbonyl (C=S) groups is 1. The van der Waals surface area contributed by atoms with Gasteiger partial charge in [0.2, 0.25) is 6.29 Å². The molecule has 0 spiro atoms. The van der Waals surface area contributed by atoms with Crippen LogP contribution in [0.2, 0.25) is 0 Å². The van der Waals surface area contributed by atoms with Crippen LogP contribution >= 0.6 is 24.0 Å². The van der Waals surface area contributed by atoms with Crippen molar-refractivity contribution < 1.29 is 4.79 Å². The van der Waals surface area contributed by atoms with Crippen molar-refractivity contribution in [2.45, 2.75) is 0 Å². The molecule has 89 valence electrons. The minimum Gasteiger partial charge on any atom is -0.285 e. The highest BCUT2D eigenvalue weighted by atomic mass is 32.2. The average molecular weight is 272 g/mol. The van der Waals surface area contributed by atoms with Crippen LogP contribution in [0.5, 0.6) is 0 Å².